The topological polar surface area (TPSA) is 15.3 Å². The third-order valence-electron chi connectivity index (χ3n) is 2.68. The molecule has 0 bridgehead atoms. The van der Waals surface area contributed by atoms with E-state index in [-0.39, 0.29) is 0 Å². The maximum absolute atomic E-state index is 5.36. The van der Waals surface area contributed by atoms with Gasteiger partial charge in [0, 0.05) is 19.6 Å². The van der Waals surface area contributed by atoms with Gasteiger partial charge in [-0.15, -0.1) is 0 Å². The number of likely N-dealkylation sites (tertiary alicyclic amines) is 1. The molecule has 82 valence electrons. The van der Waals surface area contributed by atoms with Crippen molar-refractivity contribution in [1.82, 2.24) is 10.2 Å². The molecular formula is C11H22N2S. The first-order valence-corrected chi connectivity index (χ1v) is 6.07. The second kappa shape index (κ2) is 5.54. The minimum Gasteiger partial charge on any atom is -0.363 e. The number of rotatable bonds is 2. The normalized spacial score (nSPS) is 27.5. The quantitative estimate of drug-likeness (QED) is 0.710. The molecule has 1 aliphatic rings. The smallest absolute Gasteiger partial charge is 0.168 e. The molecule has 1 aliphatic heterocycles. The van der Waals surface area contributed by atoms with E-state index < -0.39 is 0 Å². The van der Waals surface area contributed by atoms with E-state index in [2.05, 4.69) is 31.0 Å². The van der Waals surface area contributed by atoms with Gasteiger partial charge in [0.1, 0.15) is 0 Å². The summed E-state index contributed by atoms with van der Waals surface area (Å²) < 4.78 is 0. The number of thiocarbonyl (C=S) groups is 1. The standard InChI is InChI=1S/C11H22N2S/c1-4-5-12-11(14)13-7-9(2)6-10(3)8-13/h9-10H,4-8H2,1-3H3,(H,12,14). The van der Waals surface area contributed by atoms with Gasteiger partial charge in [0.2, 0.25) is 0 Å². The van der Waals surface area contributed by atoms with Crippen LogP contribution >= 0.6 is 12.2 Å². The Bertz CT molecular complexity index is 184. The molecule has 2 unspecified atom stereocenters. The zero-order chi connectivity index (χ0) is 10.6. The molecule has 0 saturated carbocycles. The van der Waals surface area contributed by atoms with Crippen molar-refractivity contribution in [2.24, 2.45) is 11.8 Å². The Labute approximate surface area is 93.1 Å². The van der Waals surface area contributed by atoms with Crippen LogP contribution < -0.4 is 5.32 Å². The average Bonchev–Trinajstić information content (AvgIpc) is 2.12. The van der Waals surface area contributed by atoms with Crippen molar-refractivity contribution in [3.8, 4) is 0 Å². The summed E-state index contributed by atoms with van der Waals surface area (Å²) in [4.78, 5) is 2.32. The molecule has 0 amide bonds. The average molecular weight is 214 g/mol. The summed E-state index contributed by atoms with van der Waals surface area (Å²) in [5, 5.41) is 4.25. The first-order valence-electron chi connectivity index (χ1n) is 5.66. The summed E-state index contributed by atoms with van der Waals surface area (Å²) in [6.07, 6.45) is 2.48. The van der Waals surface area contributed by atoms with Gasteiger partial charge >= 0.3 is 0 Å². The summed E-state index contributed by atoms with van der Waals surface area (Å²) in [6, 6.07) is 0. The van der Waals surface area contributed by atoms with Crippen LogP contribution in [0.5, 0.6) is 0 Å². The van der Waals surface area contributed by atoms with Crippen molar-refractivity contribution in [2.75, 3.05) is 19.6 Å². The van der Waals surface area contributed by atoms with Crippen molar-refractivity contribution >= 4 is 17.3 Å². The molecule has 0 spiro atoms. The lowest BCUT2D eigenvalue weighted by Gasteiger charge is -2.36. The Morgan fingerprint density at radius 3 is 2.43 bits per heavy atom. The van der Waals surface area contributed by atoms with E-state index in [1.807, 2.05) is 0 Å². The van der Waals surface area contributed by atoms with Crippen LogP contribution in [0, 0.1) is 11.8 Å². The fourth-order valence-electron chi connectivity index (χ4n) is 2.17. The molecule has 1 saturated heterocycles. The van der Waals surface area contributed by atoms with Gasteiger partial charge < -0.3 is 10.2 Å². The van der Waals surface area contributed by atoms with Crippen LogP contribution in [0.2, 0.25) is 0 Å². The Morgan fingerprint density at radius 1 is 1.36 bits per heavy atom. The Morgan fingerprint density at radius 2 is 1.93 bits per heavy atom. The maximum Gasteiger partial charge on any atom is 0.168 e. The van der Waals surface area contributed by atoms with Crippen molar-refractivity contribution in [1.29, 1.82) is 0 Å². The summed E-state index contributed by atoms with van der Waals surface area (Å²) >= 11 is 5.36. The number of hydrogen-bond donors (Lipinski definition) is 1. The molecule has 3 heteroatoms. The zero-order valence-electron chi connectivity index (χ0n) is 9.55. The second-order valence-corrected chi connectivity index (χ2v) is 4.97. The third-order valence-corrected chi connectivity index (χ3v) is 3.08. The van der Waals surface area contributed by atoms with Gasteiger partial charge in [-0.05, 0) is 36.9 Å². The summed E-state index contributed by atoms with van der Waals surface area (Å²) in [7, 11) is 0. The van der Waals surface area contributed by atoms with E-state index >= 15 is 0 Å². The highest BCUT2D eigenvalue weighted by molar-refractivity contribution is 7.80. The summed E-state index contributed by atoms with van der Waals surface area (Å²) in [5.41, 5.74) is 0. The molecule has 0 radical (unpaired) electrons. The van der Waals surface area contributed by atoms with Gasteiger partial charge in [-0.1, -0.05) is 20.8 Å². The predicted octanol–water partition coefficient (Wildman–Crippen LogP) is 2.25. The van der Waals surface area contributed by atoms with E-state index in [0.717, 1.165) is 43.0 Å². The lowest BCUT2D eigenvalue weighted by atomic mass is 9.92. The van der Waals surface area contributed by atoms with Gasteiger partial charge in [-0.25, -0.2) is 0 Å². The molecule has 14 heavy (non-hydrogen) atoms. The lowest BCUT2D eigenvalue weighted by molar-refractivity contribution is 0.212. The summed E-state index contributed by atoms with van der Waals surface area (Å²) in [5.74, 6) is 1.56. The first-order chi connectivity index (χ1) is 6.63. The molecule has 1 rings (SSSR count). The van der Waals surface area contributed by atoms with Gasteiger partial charge in [0.15, 0.2) is 5.11 Å². The van der Waals surface area contributed by atoms with Crippen LogP contribution in [-0.4, -0.2) is 29.6 Å². The van der Waals surface area contributed by atoms with Crippen LogP contribution in [0.15, 0.2) is 0 Å². The molecule has 0 aromatic rings. The highest BCUT2D eigenvalue weighted by atomic mass is 32.1. The minimum absolute atomic E-state index is 0.778. The molecule has 0 aromatic heterocycles. The van der Waals surface area contributed by atoms with Crippen molar-refractivity contribution in [2.45, 2.75) is 33.6 Å². The SMILES string of the molecule is CCCNC(=S)N1CC(C)CC(C)C1. The third kappa shape index (κ3) is 3.45. The molecular weight excluding hydrogens is 192 g/mol. The molecule has 1 heterocycles. The van der Waals surface area contributed by atoms with Crippen molar-refractivity contribution < 1.29 is 0 Å². The highest BCUT2D eigenvalue weighted by Gasteiger charge is 2.22. The van der Waals surface area contributed by atoms with Crippen LogP contribution in [0.4, 0.5) is 0 Å². The fraction of sp³-hybridized carbons (Fsp3) is 0.909. The van der Waals surface area contributed by atoms with E-state index in [4.69, 9.17) is 12.2 Å². The Kier molecular flexibility index (Phi) is 4.66. The number of nitrogens with zero attached hydrogens (tertiary/aromatic N) is 1. The van der Waals surface area contributed by atoms with Gasteiger partial charge in [0.05, 0.1) is 0 Å². The van der Waals surface area contributed by atoms with Crippen LogP contribution in [-0.2, 0) is 0 Å². The molecule has 0 aliphatic carbocycles. The van der Waals surface area contributed by atoms with E-state index in [9.17, 15) is 0 Å². The number of nitrogens with one attached hydrogen (secondary N) is 1. The first kappa shape index (κ1) is 11.8. The summed E-state index contributed by atoms with van der Waals surface area (Å²) in [6.45, 7) is 10.0. The highest BCUT2D eigenvalue weighted by Crippen LogP contribution is 2.20. The predicted molar refractivity (Wildman–Crippen MR) is 65.4 cm³/mol. The van der Waals surface area contributed by atoms with E-state index in [1.165, 1.54) is 6.42 Å². The van der Waals surface area contributed by atoms with Gasteiger partial charge in [-0.3, -0.25) is 0 Å². The van der Waals surface area contributed by atoms with Crippen LogP contribution in [0.3, 0.4) is 0 Å². The van der Waals surface area contributed by atoms with Crippen LogP contribution in [0.1, 0.15) is 33.6 Å². The van der Waals surface area contributed by atoms with Gasteiger partial charge in [-0.2, -0.15) is 0 Å². The molecule has 1 N–H and O–H groups in total. The van der Waals surface area contributed by atoms with Gasteiger partial charge in [0.25, 0.3) is 0 Å². The Hall–Kier alpha value is -0.310. The number of hydrogen-bond acceptors (Lipinski definition) is 1. The number of piperidine rings is 1. The minimum atomic E-state index is 0.778. The zero-order valence-corrected chi connectivity index (χ0v) is 10.4. The van der Waals surface area contributed by atoms with Crippen molar-refractivity contribution in [3.63, 3.8) is 0 Å². The maximum atomic E-state index is 5.36. The van der Waals surface area contributed by atoms with Crippen LogP contribution in [0.25, 0.3) is 0 Å². The molecule has 1 fully saturated rings. The lowest BCUT2D eigenvalue weighted by Crippen LogP contribution is -2.47. The largest absolute Gasteiger partial charge is 0.363 e. The fourth-order valence-corrected chi connectivity index (χ4v) is 2.42. The molecule has 2 atom stereocenters. The monoisotopic (exact) mass is 214 g/mol. The second-order valence-electron chi connectivity index (χ2n) is 4.58. The molecule has 0 aromatic carbocycles. The van der Waals surface area contributed by atoms with E-state index in [0.29, 0.717) is 0 Å². The molecule has 2 nitrogen and oxygen atoms in total. The van der Waals surface area contributed by atoms with Crippen molar-refractivity contribution in [3.05, 3.63) is 0 Å². The Balaban J connectivity index is 2.38. The van der Waals surface area contributed by atoms with E-state index in [1.54, 1.807) is 0 Å².